The monoisotopic (exact) mass is 518 g/mol. The van der Waals surface area contributed by atoms with Crippen LogP contribution in [0.3, 0.4) is 0 Å². The molecule has 4 atom stereocenters. The molecule has 0 rings (SSSR count). The van der Waals surface area contributed by atoms with Gasteiger partial charge in [0.05, 0.1) is 0 Å². The van der Waals surface area contributed by atoms with E-state index in [0.29, 0.717) is 50.6 Å². The van der Waals surface area contributed by atoms with Crippen molar-refractivity contribution in [2.24, 2.45) is 0 Å². The smallest absolute Gasteiger partial charge is 0.328 e. The summed E-state index contributed by atoms with van der Waals surface area (Å²) in [7, 11) is -0.329. The van der Waals surface area contributed by atoms with Gasteiger partial charge < -0.3 is 40.1 Å². The van der Waals surface area contributed by atoms with Crippen LogP contribution in [-0.4, -0.2) is 103 Å². The first-order valence-electron chi connectivity index (χ1n) is 10.7. The third-order valence-corrected chi connectivity index (χ3v) is 21.7. The average Bonchev–Trinajstić information content (AvgIpc) is 2.73. The molecule has 0 radical (unpaired) electrons. The highest BCUT2D eigenvalue weighted by atomic mass is 28.5. The van der Waals surface area contributed by atoms with Gasteiger partial charge in [-0.15, -0.1) is 0 Å². The molecule has 0 saturated carbocycles. The molecule has 31 heavy (non-hydrogen) atoms. The molecule has 0 fully saturated rings. The fourth-order valence-corrected chi connectivity index (χ4v) is 21.0. The molecule has 13 heteroatoms. The van der Waals surface area contributed by atoms with Crippen molar-refractivity contribution in [3.63, 3.8) is 0 Å². The predicted molar refractivity (Wildman–Crippen MR) is 130 cm³/mol. The molecule has 0 amide bonds. The summed E-state index contributed by atoms with van der Waals surface area (Å²) in [6, 6.07) is 2.78. The molecule has 0 aromatic carbocycles. The lowest BCUT2D eigenvalue weighted by Gasteiger charge is -2.44. The SMILES string of the molecule is COCC[Si](C)(OC)O[Si](C)(CCOC)O[Si](C)(CCOC)O[Si](C)(CCOC)OC. The second-order valence-corrected chi connectivity index (χ2v) is 22.6. The molecule has 0 N–H and O–H groups in total. The first kappa shape index (κ1) is 31.5. The number of hydrogen-bond donors (Lipinski definition) is 0. The van der Waals surface area contributed by atoms with Crippen LogP contribution in [0.5, 0.6) is 0 Å². The first-order chi connectivity index (χ1) is 14.5. The van der Waals surface area contributed by atoms with Gasteiger partial charge >= 0.3 is 34.2 Å². The zero-order valence-corrected chi connectivity index (χ0v) is 25.3. The van der Waals surface area contributed by atoms with Gasteiger partial charge in [-0.2, -0.15) is 0 Å². The molecule has 0 aromatic heterocycles. The van der Waals surface area contributed by atoms with Crippen LogP contribution >= 0.6 is 0 Å². The Kier molecular flexibility index (Phi) is 15.7. The largest absolute Gasteiger partial charge is 0.415 e. The Bertz CT molecular complexity index is 441. The van der Waals surface area contributed by atoms with E-state index in [1.807, 2.05) is 0 Å². The molecule has 188 valence electrons. The highest BCUT2D eigenvalue weighted by molar-refractivity contribution is 6.88. The molecule has 0 aliphatic heterocycles. The molecule has 0 aliphatic rings. The molecular weight excluding hydrogens is 473 g/mol. The van der Waals surface area contributed by atoms with Crippen LogP contribution in [0, 0.1) is 0 Å². The van der Waals surface area contributed by atoms with Crippen LogP contribution in [0.1, 0.15) is 0 Å². The molecule has 0 spiro atoms. The van der Waals surface area contributed by atoms with Gasteiger partial charge in [0.25, 0.3) is 0 Å². The summed E-state index contributed by atoms with van der Waals surface area (Å²) in [4.78, 5) is 0. The minimum atomic E-state index is -2.73. The normalized spacial score (nSPS) is 19.9. The maximum Gasteiger partial charge on any atom is 0.328 e. The second-order valence-electron chi connectivity index (χ2n) is 8.22. The van der Waals surface area contributed by atoms with Crippen molar-refractivity contribution in [2.45, 2.75) is 50.4 Å². The minimum absolute atomic E-state index is 0.540. The van der Waals surface area contributed by atoms with Gasteiger partial charge in [0.1, 0.15) is 0 Å². The Morgan fingerprint density at radius 1 is 0.387 bits per heavy atom. The van der Waals surface area contributed by atoms with Gasteiger partial charge in [-0.25, -0.2) is 0 Å². The summed E-state index contributed by atoms with van der Waals surface area (Å²) >= 11 is 0. The summed E-state index contributed by atoms with van der Waals surface area (Å²) in [5.41, 5.74) is 0. The molecule has 0 aromatic rings. The Morgan fingerprint density at radius 3 is 0.839 bits per heavy atom. The average molecular weight is 519 g/mol. The zero-order chi connectivity index (χ0) is 24.0. The molecule has 9 nitrogen and oxygen atoms in total. The molecule has 0 heterocycles. The Morgan fingerprint density at radius 2 is 0.613 bits per heavy atom. The van der Waals surface area contributed by atoms with Crippen molar-refractivity contribution in [3.05, 3.63) is 0 Å². The van der Waals surface area contributed by atoms with Gasteiger partial charge in [0.2, 0.25) is 0 Å². The number of rotatable bonds is 20. The van der Waals surface area contributed by atoms with E-state index in [1.165, 1.54) is 0 Å². The molecule has 4 unspecified atom stereocenters. The third kappa shape index (κ3) is 12.5. The van der Waals surface area contributed by atoms with E-state index in [9.17, 15) is 0 Å². The van der Waals surface area contributed by atoms with Crippen molar-refractivity contribution >= 4 is 34.2 Å². The first-order valence-corrected chi connectivity index (χ1v) is 20.7. The van der Waals surface area contributed by atoms with Crippen molar-refractivity contribution in [1.82, 2.24) is 0 Å². The summed E-state index contributed by atoms with van der Waals surface area (Å²) in [5, 5.41) is 0. The minimum Gasteiger partial charge on any atom is -0.415 e. The van der Waals surface area contributed by atoms with E-state index in [4.69, 9.17) is 40.1 Å². The lowest BCUT2D eigenvalue weighted by atomic mass is 10.9. The Hall–Kier alpha value is 0.508. The van der Waals surface area contributed by atoms with E-state index < -0.39 is 34.2 Å². The van der Waals surface area contributed by atoms with Crippen molar-refractivity contribution in [2.75, 3.05) is 69.1 Å². The summed E-state index contributed by atoms with van der Waals surface area (Å²) in [5.74, 6) is 0. The van der Waals surface area contributed by atoms with Gasteiger partial charge in [-0.3, -0.25) is 0 Å². The van der Waals surface area contributed by atoms with Crippen molar-refractivity contribution in [1.29, 1.82) is 0 Å². The predicted octanol–water partition coefficient (Wildman–Crippen LogP) is 3.20. The zero-order valence-electron chi connectivity index (χ0n) is 21.3. The number of methoxy groups -OCH3 is 4. The molecule has 0 bridgehead atoms. The number of hydrogen-bond acceptors (Lipinski definition) is 9. The topological polar surface area (TPSA) is 83.1 Å². The van der Waals surface area contributed by atoms with Crippen LogP contribution < -0.4 is 0 Å². The van der Waals surface area contributed by atoms with Crippen LogP contribution in [0.15, 0.2) is 0 Å². The van der Waals surface area contributed by atoms with Crippen LogP contribution in [0.4, 0.5) is 0 Å². The van der Waals surface area contributed by atoms with Gasteiger partial charge in [0, 0.05) is 93.3 Å². The van der Waals surface area contributed by atoms with E-state index >= 15 is 0 Å². The summed E-state index contributed by atoms with van der Waals surface area (Å²) < 4.78 is 53.3. The maximum atomic E-state index is 6.89. The highest BCUT2D eigenvalue weighted by Crippen LogP contribution is 2.31. The Balaban J connectivity index is 5.81. The highest BCUT2D eigenvalue weighted by Gasteiger charge is 2.50. The van der Waals surface area contributed by atoms with Crippen LogP contribution in [-0.2, 0) is 40.1 Å². The number of ether oxygens (including phenoxy) is 4. The quantitative estimate of drug-likeness (QED) is 0.226. The standard InChI is InChI=1S/C18H46O9Si4/c1-19-11-15-28(7,23-5)25-30(9,17-13-21-3)27-31(10,18-14-22-4)26-29(8,24-6)16-12-20-2/h11-18H2,1-10H3. The van der Waals surface area contributed by atoms with Crippen LogP contribution in [0.2, 0.25) is 50.4 Å². The summed E-state index contributed by atoms with van der Waals surface area (Å²) in [6.45, 7) is 10.5. The van der Waals surface area contributed by atoms with Gasteiger partial charge in [-0.1, -0.05) is 0 Å². The second kappa shape index (κ2) is 15.4. The third-order valence-electron chi connectivity index (χ3n) is 5.20. The van der Waals surface area contributed by atoms with Crippen molar-refractivity contribution < 1.29 is 40.1 Å². The summed E-state index contributed by atoms with van der Waals surface area (Å²) in [6.07, 6.45) is 0. The van der Waals surface area contributed by atoms with E-state index in [1.54, 1.807) is 42.7 Å². The maximum absolute atomic E-state index is 6.89. The van der Waals surface area contributed by atoms with E-state index in [-0.39, 0.29) is 0 Å². The fraction of sp³-hybridized carbons (Fsp3) is 1.00. The van der Waals surface area contributed by atoms with E-state index in [0.717, 1.165) is 0 Å². The lowest BCUT2D eigenvalue weighted by Crippen LogP contribution is -2.61. The fourth-order valence-electron chi connectivity index (χ4n) is 3.16. The van der Waals surface area contributed by atoms with Gasteiger partial charge in [-0.05, 0) is 26.2 Å². The Labute approximate surface area is 193 Å². The van der Waals surface area contributed by atoms with Crippen LogP contribution in [0.25, 0.3) is 0 Å². The molecular formula is C18H46O9Si4. The molecule has 0 aliphatic carbocycles. The van der Waals surface area contributed by atoms with Crippen molar-refractivity contribution in [3.8, 4) is 0 Å². The lowest BCUT2D eigenvalue weighted by molar-refractivity contribution is 0.173. The molecule has 0 saturated heterocycles. The van der Waals surface area contributed by atoms with E-state index in [2.05, 4.69) is 26.2 Å². The van der Waals surface area contributed by atoms with Gasteiger partial charge in [0.15, 0.2) is 0 Å².